The zero-order valence-corrected chi connectivity index (χ0v) is 18.6. The van der Waals surface area contributed by atoms with Crippen molar-refractivity contribution in [1.82, 2.24) is 4.90 Å². The van der Waals surface area contributed by atoms with Crippen LogP contribution < -0.4 is 14.5 Å². The van der Waals surface area contributed by atoms with Gasteiger partial charge < -0.3 is 15.1 Å². The molecule has 0 unspecified atom stereocenters. The number of anilines is 3. The summed E-state index contributed by atoms with van der Waals surface area (Å²) in [4.78, 5) is 17.6. The molecular formula is C22H30N4O3S. The van der Waals surface area contributed by atoms with Crippen molar-refractivity contribution in [3.05, 3.63) is 54.6 Å². The summed E-state index contributed by atoms with van der Waals surface area (Å²) in [6.45, 7) is 5.80. The van der Waals surface area contributed by atoms with Crippen LogP contribution in [-0.4, -0.2) is 64.7 Å². The van der Waals surface area contributed by atoms with Crippen LogP contribution in [0.5, 0.6) is 0 Å². The first-order valence-electron chi connectivity index (χ1n) is 10.2. The monoisotopic (exact) mass is 430 g/mol. The van der Waals surface area contributed by atoms with Crippen molar-refractivity contribution >= 4 is 33.0 Å². The summed E-state index contributed by atoms with van der Waals surface area (Å²) in [6.07, 6.45) is 1.48. The fourth-order valence-corrected chi connectivity index (χ4v) is 4.89. The third-order valence-corrected chi connectivity index (χ3v) is 6.52. The number of carbonyl (C=O) groups is 1. The molecule has 0 aliphatic carbocycles. The minimum Gasteiger partial charge on any atom is -0.369 e. The van der Waals surface area contributed by atoms with E-state index >= 15 is 0 Å². The molecule has 30 heavy (non-hydrogen) atoms. The smallest absolute Gasteiger partial charge is 0.248 e. The van der Waals surface area contributed by atoms with E-state index in [2.05, 4.69) is 22.2 Å². The third-order valence-electron chi connectivity index (χ3n) is 5.34. The van der Waals surface area contributed by atoms with Crippen LogP contribution in [0.15, 0.2) is 54.6 Å². The molecule has 1 aliphatic heterocycles. The zero-order chi connectivity index (χ0) is 21.7. The molecule has 0 aromatic heterocycles. The van der Waals surface area contributed by atoms with Gasteiger partial charge in [-0.05, 0) is 49.9 Å². The molecule has 0 radical (unpaired) electrons. The van der Waals surface area contributed by atoms with Crippen LogP contribution in [0.25, 0.3) is 0 Å². The standard InChI is InChI=1S/C22H30N4O3S/c1-4-21(26(30(3,28)29)20-8-6-5-7-9-20)22(27)23-18-10-12-19(13-11-18)25-16-14-24(2)15-17-25/h5-13,21H,4,14-17H2,1-3H3,(H,23,27)/t21-/m0/s1. The molecule has 0 bridgehead atoms. The quantitative estimate of drug-likeness (QED) is 0.731. The minimum absolute atomic E-state index is 0.348. The van der Waals surface area contributed by atoms with E-state index in [-0.39, 0.29) is 5.91 Å². The number of piperazine rings is 1. The average molecular weight is 431 g/mol. The fourth-order valence-electron chi connectivity index (χ4n) is 3.68. The molecule has 1 atom stereocenters. The van der Waals surface area contributed by atoms with Crippen LogP contribution >= 0.6 is 0 Å². The SMILES string of the molecule is CC[C@@H](C(=O)Nc1ccc(N2CCN(C)CC2)cc1)N(c1ccccc1)S(C)(=O)=O. The number of hydrogen-bond acceptors (Lipinski definition) is 5. The van der Waals surface area contributed by atoms with E-state index in [0.29, 0.717) is 17.8 Å². The number of hydrogen-bond donors (Lipinski definition) is 1. The van der Waals surface area contributed by atoms with E-state index < -0.39 is 16.1 Å². The zero-order valence-electron chi connectivity index (χ0n) is 17.8. The van der Waals surface area contributed by atoms with Crippen molar-refractivity contribution in [2.24, 2.45) is 0 Å². The number of rotatable bonds is 7. The number of likely N-dealkylation sites (N-methyl/N-ethyl adjacent to an activating group) is 1. The predicted molar refractivity (Wildman–Crippen MR) is 123 cm³/mol. The first kappa shape index (κ1) is 22.1. The van der Waals surface area contributed by atoms with Crippen LogP contribution in [-0.2, 0) is 14.8 Å². The number of benzene rings is 2. The summed E-state index contributed by atoms with van der Waals surface area (Å²) < 4.78 is 26.1. The van der Waals surface area contributed by atoms with E-state index in [1.54, 1.807) is 24.3 Å². The van der Waals surface area contributed by atoms with Crippen molar-refractivity contribution < 1.29 is 13.2 Å². The Labute approximate surface area is 179 Å². The maximum absolute atomic E-state index is 13.0. The molecule has 8 heteroatoms. The Morgan fingerprint density at radius 3 is 2.17 bits per heavy atom. The van der Waals surface area contributed by atoms with Crippen molar-refractivity contribution in [2.75, 3.05) is 54.0 Å². The predicted octanol–water partition coefficient (Wildman–Crippen LogP) is 2.62. The second-order valence-electron chi connectivity index (χ2n) is 7.64. The van der Waals surface area contributed by atoms with Gasteiger partial charge in [0.1, 0.15) is 6.04 Å². The van der Waals surface area contributed by atoms with E-state index in [1.165, 1.54) is 4.31 Å². The van der Waals surface area contributed by atoms with Crippen LogP contribution in [0.2, 0.25) is 0 Å². The summed E-state index contributed by atoms with van der Waals surface area (Å²) in [5.74, 6) is -0.348. The summed E-state index contributed by atoms with van der Waals surface area (Å²) in [6, 6.07) is 15.6. The van der Waals surface area contributed by atoms with Gasteiger partial charge in [0.05, 0.1) is 11.9 Å². The molecule has 3 rings (SSSR count). The van der Waals surface area contributed by atoms with E-state index in [4.69, 9.17) is 0 Å². The lowest BCUT2D eigenvalue weighted by Gasteiger charge is -2.34. The van der Waals surface area contributed by atoms with Gasteiger partial charge in [-0.25, -0.2) is 8.42 Å². The average Bonchev–Trinajstić information content (AvgIpc) is 2.72. The van der Waals surface area contributed by atoms with Crippen LogP contribution in [0, 0.1) is 0 Å². The van der Waals surface area contributed by atoms with Crippen LogP contribution in [0.4, 0.5) is 17.1 Å². The fraction of sp³-hybridized carbons (Fsp3) is 0.409. The van der Waals surface area contributed by atoms with Gasteiger partial charge in [0.2, 0.25) is 15.9 Å². The molecule has 1 fully saturated rings. The summed E-state index contributed by atoms with van der Waals surface area (Å²) in [7, 11) is -1.51. The van der Waals surface area contributed by atoms with Crippen LogP contribution in [0.1, 0.15) is 13.3 Å². The molecule has 0 spiro atoms. The Balaban J connectivity index is 1.74. The van der Waals surface area contributed by atoms with E-state index in [1.807, 2.05) is 37.3 Å². The number of nitrogens with one attached hydrogen (secondary N) is 1. The molecule has 1 saturated heterocycles. The number of sulfonamides is 1. The molecular weight excluding hydrogens is 400 g/mol. The Bertz CT molecular complexity index is 940. The second-order valence-corrected chi connectivity index (χ2v) is 9.50. The number of nitrogens with zero attached hydrogens (tertiary/aromatic N) is 3. The Morgan fingerprint density at radius 1 is 1.03 bits per heavy atom. The van der Waals surface area contributed by atoms with Crippen molar-refractivity contribution in [3.63, 3.8) is 0 Å². The molecule has 7 nitrogen and oxygen atoms in total. The topological polar surface area (TPSA) is 73.0 Å². The number of amides is 1. The molecule has 1 aliphatic rings. The van der Waals surface area contributed by atoms with Gasteiger partial charge in [0, 0.05) is 37.6 Å². The van der Waals surface area contributed by atoms with Crippen molar-refractivity contribution in [3.8, 4) is 0 Å². The van der Waals surface area contributed by atoms with Gasteiger partial charge >= 0.3 is 0 Å². The summed E-state index contributed by atoms with van der Waals surface area (Å²) in [5.41, 5.74) is 2.25. The van der Waals surface area contributed by atoms with Gasteiger partial charge in [-0.3, -0.25) is 9.10 Å². The summed E-state index contributed by atoms with van der Waals surface area (Å²) in [5, 5.41) is 2.88. The van der Waals surface area contributed by atoms with Crippen molar-refractivity contribution in [2.45, 2.75) is 19.4 Å². The highest BCUT2D eigenvalue weighted by Crippen LogP contribution is 2.24. The van der Waals surface area contributed by atoms with Crippen molar-refractivity contribution in [1.29, 1.82) is 0 Å². The first-order valence-corrected chi connectivity index (χ1v) is 12.0. The molecule has 1 amide bonds. The number of para-hydroxylation sites is 1. The normalized spacial score (nSPS) is 16.2. The molecule has 2 aromatic rings. The van der Waals surface area contributed by atoms with Crippen LogP contribution in [0.3, 0.4) is 0 Å². The highest BCUT2D eigenvalue weighted by atomic mass is 32.2. The lowest BCUT2D eigenvalue weighted by Crippen LogP contribution is -2.47. The Hall–Kier alpha value is -2.58. The lowest BCUT2D eigenvalue weighted by molar-refractivity contribution is -0.117. The van der Waals surface area contributed by atoms with Gasteiger partial charge in [-0.1, -0.05) is 25.1 Å². The highest BCUT2D eigenvalue weighted by Gasteiger charge is 2.31. The maximum atomic E-state index is 13.0. The Morgan fingerprint density at radius 2 is 1.63 bits per heavy atom. The minimum atomic E-state index is -3.63. The highest BCUT2D eigenvalue weighted by molar-refractivity contribution is 7.92. The third kappa shape index (κ3) is 5.31. The second kappa shape index (κ2) is 9.49. The van der Waals surface area contributed by atoms with E-state index in [9.17, 15) is 13.2 Å². The maximum Gasteiger partial charge on any atom is 0.248 e. The van der Waals surface area contributed by atoms with Gasteiger partial charge in [-0.15, -0.1) is 0 Å². The Kier molecular flexibility index (Phi) is 6.99. The first-order chi connectivity index (χ1) is 14.3. The molecule has 162 valence electrons. The van der Waals surface area contributed by atoms with E-state index in [0.717, 1.165) is 38.1 Å². The van der Waals surface area contributed by atoms with Gasteiger partial charge in [-0.2, -0.15) is 0 Å². The largest absolute Gasteiger partial charge is 0.369 e. The molecule has 0 saturated carbocycles. The summed E-state index contributed by atoms with van der Waals surface area (Å²) >= 11 is 0. The molecule has 1 N–H and O–H groups in total. The lowest BCUT2D eigenvalue weighted by atomic mass is 10.1. The number of carbonyl (C=O) groups excluding carboxylic acids is 1. The molecule has 2 aromatic carbocycles. The van der Waals surface area contributed by atoms with Gasteiger partial charge in [0.15, 0.2) is 0 Å². The molecule has 1 heterocycles. The van der Waals surface area contributed by atoms with Gasteiger partial charge in [0.25, 0.3) is 0 Å².